The Morgan fingerprint density at radius 2 is 1.96 bits per heavy atom. The van der Waals surface area contributed by atoms with Gasteiger partial charge in [-0.05, 0) is 36.8 Å². The van der Waals surface area contributed by atoms with Gasteiger partial charge in [0.1, 0.15) is 11.5 Å². The quantitative estimate of drug-likeness (QED) is 0.533. The van der Waals surface area contributed by atoms with E-state index in [0.29, 0.717) is 28.1 Å². The lowest BCUT2D eigenvalue weighted by Gasteiger charge is -2.12. The lowest BCUT2D eigenvalue weighted by atomic mass is 10.1. The third-order valence-electron chi connectivity index (χ3n) is 4.13. The van der Waals surface area contributed by atoms with E-state index >= 15 is 0 Å². The summed E-state index contributed by atoms with van der Waals surface area (Å²) in [5, 5.41) is 2.53. The topological polar surface area (TPSA) is 67.9 Å². The largest absolute Gasteiger partial charge is 0.493 e. The van der Waals surface area contributed by atoms with Gasteiger partial charge in [-0.2, -0.15) is 0 Å². The molecule has 0 atom stereocenters. The molecule has 0 aliphatic carbocycles. The number of carbonyl (C=O) groups is 2. The number of halogens is 2. The Hall–Kier alpha value is -2.87. The molecule has 1 saturated heterocycles. The highest BCUT2D eigenvalue weighted by molar-refractivity contribution is 9.10. The van der Waals surface area contributed by atoms with Crippen molar-refractivity contribution in [3.05, 3.63) is 63.5 Å². The number of benzene rings is 2. The van der Waals surface area contributed by atoms with E-state index in [9.17, 15) is 14.0 Å². The summed E-state index contributed by atoms with van der Waals surface area (Å²) in [6, 6.07) is 8.84. The van der Waals surface area contributed by atoms with E-state index in [1.54, 1.807) is 24.3 Å². The Morgan fingerprint density at radius 1 is 1.21 bits per heavy atom. The van der Waals surface area contributed by atoms with Crippen LogP contribution in [0.15, 0.2) is 46.6 Å². The summed E-state index contributed by atoms with van der Waals surface area (Å²) in [7, 11) is 1.52. The lowest BCUT2D eigenvalue weighted by molar-refractivity contribution is -0.123. The van der Waals surface area contributed by atoms with Crippen molar-refractivity contribution in [2.24, 2.45) is 0 Å². The average molecular weight is 449 g/mol. The molecule has 6 nitrogen and oxygen atoms in total. The van der Waals surface area contributed by atoms with Gasteiger partial charge in [-0.1, -0.05) is 34.1 Å². The summed E-state index contributed by atoms with van der Waals surface area (Å²) in [6.07, 6.45) is 1.53. The van der Waals surface area contributed by atoms with Crippen molar-refractivity contribution in [2.75, 3.05) is 13.7 Å². The highest BCUT2D eigenvalue weighted by atomic mass is 79.9. The number of carbonyl (C=O) groups excluding carboxylic acids is 2. The third kappa shape index (κ3) is 4.01. The van der Waals surface area contributed by atoms with Crippen LogP contribution in [0.2, 0.25) is 0 Å². The molecule has 0 bridgehead atoms. The Morgan fingerprint density at radius 3 is 2.64 bits per heavy atom. The maximum absolute atomic E-state index is 13.9. The second kappa shape index (κ2) is 8.43. The normalized spacial score (nSPS) is 15.1. The first-order valence-corrected chi connectivity index (χ1v) is 9.32. The van der Waals surface area contributed by atoms with E-state index in [1.165, 1.54) is 25.3 Å². The maximum atomic E-state index is 13.9. The summed E-state index contributed by atoms with van der Waals surface area (Å²) in [5.41, 5.74) is 0.973. The molecular formula is C20H18BrFN2O4. The molecule has 1 N–H and O–H groups in total. The predicted octanol–water partition coefficient (Wildman–Crippen LogP) is 4.09. The van der Waals surface area contributed by atoms with Crippen LogP contribution in [0, 0.1) is 5.82 Å². The predicted molar refractivity (Wildman–Crippen MR) is 105 cm³/mol. The third-order valence-corrected chi connectivity index (χ3v) is 4.82. The molecule has 8 heteroatoms. The molecule has 0 radical (unpaired) electrons. The molecule has 1 aliphatic heterocycles. The number of hydrogen-bond acceptors (Lipinski definition) is 4. The first-order chi connectivity index (χ1) is 13.4. The van der Waals surface area contributed by atoms with Crippen molar-refractivity contribution in [2.45, 2.75) is 13.5 Å². The smallest absolute Gasteiger partial charge is 0.329 e. The molecular weight excluding hydrogens is 431 g/mol. The van der Waals surface area contributed by atoms with Crippen molar-refractivity contribution in [3.63, 3.8) is 0 Å². The van der Waals surface area contributed by atoms with Gasteiger partial charge in [-0.15, -0.1) is 0 Å². The van der Waals surface area contributed by atoms with Gasteiger partial charge in [-0.25, -0.2) is 9.18 Å². The number of hydrogen-bond donors (Lipinski definition) is 1. The van der Waals surface area contributed by atoms with E-state index in [4.69, 9.17) is 9.47 Å². The number of methoxy groups -OCH3 is 1. The summed E-state index contributed by atoms with van der Waals surface area (Å²) in [4.78, 5) is 25.8. The second-order valence-electron chi connectivity index (χ2n) is 5.93. The number of urea groups is 1. The zero-order valence-corrected chi connectivity index (χ0v) is 16.9. The van der Waals surface area contributed by atoms with Crippen LogP contribution in [0.4, 0.5) is 9.18 Å². The standard InChI is InChI=1S/C20H18BrFN2O4/c1-3-28-18-10-14(21)13(9-17(18)27-2)8-16-19(25)24(20(26)23-16)11-12-6-4-5-7-15(12)22/h4-10H,3,11H2,1-2H3,(H,23,26)/b16-8+. The van der Waals surface area contributed by atoms with Gasteiger partial charge in [0.25, 0.3) is 5.91 Å². The molecule has 1 aliphatic rings. The van der Waals surface area contributed by atoms with Crippen molar-refractivity contribution >= 4 is 33.9 Å². The van der Waals surface area contributed by atoms with Crippen molar-refractivity contribution in [1.82, 2.24) is 10.2 Å². The molecule has 28 heavy (non-hydrogen) atoms. The van der Waals surface area contributed by atoms with Crippen LogP contribution in [-0.4, -0.2) is 30.6 Å². The minimum absolute atomic E-state index is 0.0910. The molecule has 0 spiro atoms. The number of nitrogens with one attached hydrogen (secondary N) is 1. The average Bonchev–Trinajstić information content (AvgIpc) is 2.93. The molecule has 1 heterocycles. The molecule has 3 rings (SSSR count). The number of imide groups is 1. The van der Waals surface area contributed by atoms with E-state index in [2.05, 4.69) is 21.2 Å². The zero-order valence-electron chi connectivity index (χ0n) is 15.3. The first kappa shape index (κ1) is 19.9. The van der Waals surface area contributed by atoms with Crippen LogP contribution in [-0.2, 0) is 11.3 Å². The minimum Gasteiger partial charge on any atom is -0.493 e. The van der Waals surface area contributed by atoms with Crippen molar-refractivity contribution < 1.29 is 23.5 Å². The lowest BCUT2D eigenvalue weighted by Crippen LogP contribution is -2.30. The van der Waals surface area contributed by atoms with Gasteiger partial charge in [-0.3, -0.25) is 9.69 Å². The molecule has 2 aromatic carbocycles. The Balaban J connectivity index is 1.88. The van der Waals surface area contributed by atoms with E-state index in [1.807, 2.05) is 6.92 Å². The molecule has 0 aromatic heterocycles. The van der Waals surface area contributed by atoms with E-state index < -0.39 is 17.8 Å². The van der Waals surface area contributed by atoms with E-state index in [0.717, 1.165) is 4.90 Å². The molecule has 2 aromatic rings. The minimum atomic E-state index is -0.603. The fourth-order valence-corrected chi connectivity index (χ4v) is 3.19. The molecule has 146 valence electrons. The van der Waals surface area contributed by atoms with Gasteiger partial charge in [0.2, 0.25) is 0 Å². The SMILES string of the molecule is CCOc1cc(Br)c(/C=C2/NC(=O)N(Cc3ccccc3F)C2=O)cc1OC. The Labute approximate surface area is 170 Å². The number of amides is 3. The molecule has 0 unspecified atom stereocenters. The Bertz CT molecular complexity index is 961. The number of rotatable bonds is 6. The summed E-state index contributed by atoms with van der Waals surface area (Å²) in [5.74, 6) is 0.0476. The highest BCUT2D eigenvalue weighted by Gasteiger charge is 2.34. The van der Waals surface area contributed by atoms with Gasteiger partial charge in [0, 0.05) is 10.0 Å². The summed E-state index contributed by atoms with van der Waals surface area (Å²) in [6.45, 7) is 2.19. The van der Waals surface area contributed by atoms with Crippen LogP contribution >= 0.6 is 15.9 Å². The number of ether oxygens (including phenoxy) is 2. The first-order valence-electron chi connectivity index (χ1n) is 8.52. The highest BCUT2D eigenvalue weighted by Crippen LogP contribution is 2.35. The second-order valence-corrected chi connectivity index (χ2v) is 6.78. The van der Waals surface area contributed by atoms with Crippen LogP contribution < -0.4 is 14.8 Å². The summed E-state index contributed by atoms with van der Waals surface area (Å²) >= 11 is 3.43. The fraction of sp³-hybridized carbons (Fsp3) is 0.200. The number of nitrogens with zero attached hydrogens (tertiary/aromatic N) is 1. The van der Waals surface area contributed by atoms with Crippen LogP contribution in [0.3, 0.4) is 0 Å². The Kier molecular flexibility index (Phi) is 5.99. The van der Waals surface area contributed by atoms with Crippen molar-refractivity contribution in [3.8, 4) is 11.5 Å². The molecule has 3 amide bonds. The maximum Gasteiger partial charge on any atom is 0.329 e. The van der Waals surface area contributed by atoms with Crippen molar-refractivity contribution in [1.29, 1.82) is 0 Å². The van der Waals surface area contributed by atoms with Crippen LogP contribution in [0.5, 0.6) is 11.5 Å². The van der Waals surface area contributed by atoms with Gasteiger partial charge in [0.15, 0.2) is 11.5 Å². The summed E-state index contributed by atoms with van der Waals surface area (Å²) < 4.78 is 25.4. The van der Waals surface area contributed by atoms with Gasteiger partial charge in [0.05, 0.1) is 20.3 Å². The van der Waals surface area contributed by atoms with Gasteiger partial charge < -0.3 is 14.8 Å². The fourth-order valence-electron chi connectivity index (χ4n) is 2.76. The van der Waals surface area contributed by atoms with Crippen LogP contribution in [0.1, 0.15) is 18.1 Å². The van der Waals surface area contributed by atoms with E-state index in [-0.39, 0.29) is 17.8 Å². The van der Waals surface area contributed by atoms with Crippen LogP contribution in [0.25, 0.3) is 6.08 Å². The molecule has 1 fully saturated rings. The zero-order chi connectivity index (χ0) is 20.3. The molecule has 0 saturated carbocycles. The van der Waals surface area contributed by atoms with Gasteiger partial charge >= 0.3 is 6.03 Å². The monoisotopic (exact) mass is 448 g/mol.